The molecule has 2 aliphatic heterocycles. The van der Waals surface area contributed by atoms with E-state index in [4.69, 9.17) is 21.1 Å². The highest BCUT2D eigenvalue weighted by molar-refractivity contribution is 6.33. The third kappa shape index (κ3) is 4.09. The third-order valence-corrected chi connectivity index (χ3v) is 6.78. The lowest BCUT2D eigenvalue weighted by atomic mass is 9.85. The number of rotatable bonds is 5. The van der Waals surface area contributed by atoms with E-state index in [1.54, 1.807) is 0 Å². The molecular weight excluding hydrogens is 420 g/mol. The fourth-order valence-electron chi connectivity index (χ4n) is 4.50. The number of ether oxygens (including phenoxy) is 2. The summed E-state index contributed by atoms with van der Waals surface area (Å²) < 4.78 is 11.8. The maximum Gasteiger partial charge on any atom is 0.142 e. The van der Waals surface area contributed by atoms with E-state index < -0.39 is 37.1 Å². The molecule has 2 aromatic carbocycles. The van der Waals surface area contributed by atoms with Crippen LogP contribution in [0, 0.1) is 0 Å². The number of hydrogen-bond acceptors (Lipinski definition) is 6. The first-order chi connectivity index (χ1) is 14.8. The lowest BCUT2D eigenvalue weighted by Crippen LogP contribution is -2.55. The standard InChI is InChI=1S/C24H29ClO6/c1-3-13-4-6-14(7-5-13)8-15-9-16(18-12(2)11-30-24(18)19(15)25)23-22(29)21(28)20(27)17(10-26)31-23/h4-7,9,12,17,20-23,26-29H,3,8,10-11H2,1-2H3/t12?,17-,20-,21+,22-,23+/m1/s1. The van der Waals surface area contributed by atoms with Gasteiger partial charge in [-0.05, 0) is 35.1 Å². The molecule has 2 aliphatic rings. The van der Waals surface area contributed by atoms with Crippen molar-refractivity contribution >= 4 is 11.6 Å². The lowest BCUT2D eigenvalue weighted by Gasteiger charge is -2.41. The van der Waals surface area contributed by atoms with Gasteiger partial charge < -0.3 is 29.9 Å². The van der Waals surface area contributed by atoms with Gasteiger partial charge in [-0.2, -0.15) is 0 Å². The van der Waals surface area contributed by atoms with E-state index in [1.807, 2.05) is 13.0 Å². The zero-order valence-electron chi connectivity index (χ0n) is 17.7. The molecule has 31 heavy (non-hydrogen) atoms. The molecule has 2 aromatic rings. The van der Waals surface area contributed by atoms with Crippen molar-refractivity contribution in [3.05, 3.63) is 63.2 Å². The Kier molecular flexibility index (Phi) is 6.58. The van der Waals surface area contributed by atoms with Crippen molar-refractivity contribution < 1.29 is 29.9 Å². The van der Waals surface area contributed by atoms with Gasteiger partial charge in [0.15, 0.2) is 0 Å². The Morgan fingerprint density at radius 1 is 1.03 bits per heavy atom. The van der Waals surface area contributed by atoms with Gasteiger partial charge in [-0.15, -0.1) is 0 Å². The second-order valence-electron chi connectivity index (χ2n) is 8.49. The molecule has 2 heterocycles. The van der Waals surface area contributed by atoms with Crippen molar-refractivity contribution in [2.45, 2.75) is 63.1 Å². The van der Waals surface area contributed by atoms with Crippen molar-refractivity contribution in [2.24, 2.45) is 0 Å². The van der Waals surface area contributed by atoms with Gasteiger partial charge in [0.2, 0.25) is 0 Å². The second kappa shape index (κ2) is 9.06. The molecule has 0 aromatic heterocycles. The normalized spacial score (nSPS) is 30.2. The first kappa shape index (κ1) is 22.5. The minimum atomic E-state index is -1.44. The second-order valence-corrected chi connectivity index (χ2v) is 8.87. The van der Waals surface area contributed by atoms with Crippen molar-refractivity contribution in [3.63, 3.8) is 0 Å². The fourth-order valence-corrected chi connectivity index (χ4v) is 4.78. The van der Waals surface area contributed by atoms with E-state index in [0.717, 1.165) is 23.1 Å². The molecule has 168 valence electrons. The summed E-state index contributed by atoms with van der Waals surface area (Å²) in [5.74, 6) is 0.594. The van der Waals surface area contributed by atoms with Gasteiger partial charge in [-0.25, -0.2) is 0 Å². The Hall–Kier alpha value is -1.67. The van der Waals surface area contributed by atoms with Crippen LogP contribution in [0.2, 0.25) is 5.02 Å². The van der Waals surface area contributed by atoms with E-state index in [0.29, 0.717) is 29.4 Å². The summed E-state index contributed by atoms with van der Waals surface area (Å²) in [4.78, 5) is 0. The van der Waals surface area contributed by atoms with Gasteiger partial charge in [0.05, 0.1) is 18.2 Å². The van der Waals surface area contributed by atoms with E-state index in [2.05, 4.69) is 31.2 Å². The van der Waals surface area contributed by atoms with Crippen LogP contribution in [0.5, 0.6) is 5.75 Å². The number of benzene rings is 2. The van der Waals surface area contributed by atoms with E-state index >= 15 is 0 Å². The van der Waals surface area contributed by atoms with E-state index in [9.17, 15) is 20.4 Å². The highest BCUT2D eigenvalue weighted by atomic mass is 35.5. The Morgan fingerprint density at radius 3 is 2.35 bits per heavy atom. The number of hydrogen-bond donors (Lipinski definition) is 4. The van der Waals surface area contributed by atoms with Crippen LogP contribution in [0.1, 0.15) is 53.7 Å². The van der Waals surface area contributed by atoms with Crippen LogP contribution in [0.15, 0.2) is 30.3 Å². The monoisotopic (exact) mass is 448 g/mol. The highest BCUT2D eigenvalue weighted by Gasteiger charge is 2.46. The molecule has 4 N–H and O–H groups in total. The molecule has 0 bridgehead atoms. The summed E-state index contributed by atoms with van der Waals surface area (Å²) >= 11 is 6.73. The van der Waals surface area contributed by atoms with Crippen molar-refractivity contribution in [3.8, 4) is 5.75 Å². The minimum Gasteiger partial charge on any atom is -0.491 e. The number of fused-ring (bicyclic) bond motifs is 1. The molecule has 6 nitrogen and oxygen atoms in total. The van der Waals surface area contributed by atoms with Gasteiger partial charge in [0.25, 0.3) is 0 Å². The number of aryl methyl sites for hydroxylation is 1. The zero-order chi connectivity index (χ0) is 22.3. The molecule has 4 rings (SSSR count). The average molecular weight is 449 g/mol. The molecule has 7 heteroatoms. The van der Waals surface area contributed by atoms with Crippen LogP contribution >= 0.6 is 11.6 Å². The summed E-state index contributed by atoms with van der Waals surface area (Å²) in [5.41, 5.74) is 4.67. The predicted octanol–water partition coefficient (Wildman–Crippen LogP) is 2.50. The largest absolute Gasteiger partial charge is 0.491 e. The Morgan fingerprint density at radius 2 is 1.71 bits per heavy atom. The molecule has 1 unspecified atom stereocenters. The molecule has 0 radical (unpaired) electrons. The molecule has 1 fully saturated rings. The minimum absolute atomic E-state index is 0.0211. The van der Waals surface area contributed by atoms with Crippen LogP contribution in [-0.4, -0.2) is 58.1 Å². The summed E-state index contributed by atoms with van der Waals surface area (Å²) in [7, 11) is 0. The van der Waals surface area contributed by atoms with Crippen molar-refractivity contribution in [2.75, 3.05) is 13.2 Å². The van der Waals surface area contributed by atoms with Crippen LogP contribution in [0.4, 0.5) is 0 Å². The summed E-state index contributed by atoms with van der Waals surface area (Å²) in [6.45, 7) is 4.09. The smallest absolute Gasteiger partial charge is 0.142 e. The van der Waals surface area contributed by atoms with Crippen molar-refractivity contribution in [1.82, 2.24) is 0 Å². The average Bonchev–Trinajstić information content (AvgIpc) is 3.17. The fraction of sp³-hybridized carbons (Fsp3) is 0.500. The van der Waals surface area contributed by atoms with Gasteiger partial charge in [-0.3, -0.25) is 0 Å². The first-order valence-electron chi connectivity index (χ1n) is 10.7. The molecule has 6 atom stereocenters. The van der Waals surface area contributed by atoms with Gasteiger partial charge in [0.1, 0.15) is 36.3 Å². The Labute approximate surface area is 187 Å². The van der Waals surface area contributed by atoms with Crippen LogP contribution in [-0.2, 0) is 17.6 Å². The number of aliphatic hydroxyl groups is 4. The summed E-state index contributed by atoms with van der Waals surface area (Å²) in [5, 5.41) is 41.3. The van der Waals surface area contributed by atoms with Crippen LogP contribution < -0.4 is 4.74 Å². The first-order valence-corrected chi connectivity index (χ1v) is 11.1. The zero-order valence-corrected chi connectivity index (χ0v) is 18.4. The number of halogens is 1. The van der Waals surface area contributed by atoms with Gasteiger partial charge in [-0.1, -0.05) is 55.8 Å². The quantitative estimate of drug-likeness (QED) is 0.561. The highest BCUT2D eigenvalue weighted by Crippen LogP contribution is 2.48. The molecule has 1 saturated heterocycles. The maximum atomic E-state index is 10.7. The Bertz CT molecular complexity index is 929. The molecular formula is C24H29ClO6. The summed E-state index contributed by atoms with van der Waals surface area (Å²) in [6, 6.07) is 10.2. The molecule has 0 amide bonds. The van der Waals surface area contributed by atoms with Crippen LogP contribution in [0.3, 0.4) is 0 Å². The van der Waals surface area contributed by atoms with Crippen LogP contribution in [0.25, 0.3) is 0 Å². The molecule has 0 spiro atoms. The predicted molar refractivity (Wildman–Crippen MR) is 117 cm³/mol. The Balaban J connectivity index is 1.76. The topological polar surface area (TPSA) is 99.4 Å². The van der Waals surface area contributed by atoms with Crippen molar-refractivity contribution in [1.29, 1.82) is 0 Å². The molecule has 0 aliphatic carbocycles. The van der Waals surface area contributed by atoms with E-state index in [1.165, 1.54) is 5.56 Å². The number of aliphatic hydroxyl groups excluding tert-OH is 4. The summed E-state index contributed by atoms with van der Waals surface area (Å²) in [6.07, 6.45) is -4.56. The third-order valence-electron chi connectivity index (χ3n) is 6.36. The molecule has 0 saturated carbocycles. The maximum absolute atomic E-state index is 10.7. The van der Waals surface area contributed by atoms with E-state index in [-0.39, 0.29) is 5.92 Å². The SMILES string of the molecule is CCc1ccc(Cc2cc([C@@H]3O[C@H](CO)[C@@H](O)[C@H](O)[C@H]3O)c3c(c2Cl)OCC3C)cc1. The van der Waals surface area contributed by atoms with Gasteiger partial charge in [0, 0.05) is 11.5 Å². The van der Waals surface area contributed by atoms with Gasteiger partial charge >= 0.3 is 0 Å². The lowest BCUT2D eigenvalue weighted by molar-refractivity contribution is -0.231.